The fourth-order valence-electron chi connectivity index (χ4n) is 3.35. The van der Waals surface area contributed by atoms with Crippen LogP contribution in [0.5, 0.6) is 0 Å². The SMILES string of the molecule is Cc1ccc2nc(-c3ccc(NC(=O)CSc4nnc(-c5ccc(F)cc5)n4N)cc3)sc2c1. The van der Waals surface area contributed by atoms with Crippen molar-refractivity contribution in [3.8, 4) is 22.0 Å². The molecule has 0 saturated carbocycles. The highest BCUT2D eigenvalue weighted by atomic mass is 32.2. The van der Waals surface area contributed by atoms with E-state index in [2.05, 4.69) is 34.6 Å². The number of nitrogens with two attached hydrogens (primary N) is 1. The molecule has 7 nitrogen and oxygen atoms in total. The normalized spacial score (nSPS) is 11.1. The first-order valence-electron chi connectivity index (χ1n) is 10.3. The topological polar surface area (TPSA) is 98.7 Å². The van der Waals surface area contributed by atoms with Crippen molar-refractivity contribution in [2.24, 2.45) is 0 Å². The van der Waals surface area contributed by atoms with Crippen LogP contribution >= 0.6 is 23.1 Å². The van der Waals surface area contributed by atoms with Gasteiger partial charge >= 0.3 is 0 Å². The summed E-state index contributed by atoms with van der Waals surface area (Å²) in [7, 11) is 0. The monoisotopic (exact) mass is 490 g/mol. The molecule has 1 amide bonds. The van der Waals surface area contributed by atoms with Crippen molar-refractivity contribution in [3.63, 3.8) is 0 Å². The maximum Gasteiger partial charge on any atom is 0.234 e. The number of aromatic nitrogens is 4. The van der Waals surface area contributed by atoms with Crippen molar-refractivity contribution in [2.45, 2.75) is 12.1 Å². The van der Waals surface area contributed by atoms with Crippen LogP contribution in [0.25, 0.3) is 32.2 Å². The van der Waals surface area contributed by atoms with Crippen molar-refractivity contribution in [1.29, 1.82) is 0 Å². The van der Waals surface area contributed by atoms with E-state index >= 15 is 0 Å². The Bertz CT molecular complexity index is 1480. The van der Waals surface area contributed by atoms with E-state index in [4.69, 9.17) is 10.8 Å². The molecule has 2 heterocycles. The number of carbonyl (C=O) groups excluding carboxylic acids is 1. The Labute approximate surface area is 202 Å². The number of thiazole rings is 1. The second-order valence-corrected chi connectivity index (χ2v) is 9.56. The van der Waals surface area contributed by atoms with Crippen molar-refractivity contribution in [2.75, 3.05) is 16.9 Å². The third-order valence-electron chi connectivity index (χ3n) is 5.06. The van der Waals surface area contributed by atoms with Crippen LogP contribution in [-0.4, -0.2) is 31.5 Å². The highest BCUT2D eigenvalue weighted by molar-refractivity contribution is 7.99. The van der Waals surface area contributed by atoms with E-state index in [1.165, 1.54) is 34.1 Å². The number of hydrogen-bond acceptors (Lipinski definition) is 7. The zero-order valence-corrected chi connectivity index (χ0v) is 19.7. The summed E-state index contributed by atoms with van der Waals surface area (Å²) in [5.41, 5.74) is 4.51. The summed E-state index contributed by atoms with van der Waals surface area (Å²) in [5.74, 6) is 6.02. The van der Waals surface area contributed by atoms with E-state index in [9.17, 15) is 9.18 Å². The molecule has 5 aromatic rings. The van der Waals surface area contributed by atoms with Crippen molar-refractivity contribution < 1.29 is 9.18 Å². The van der Waals surface area contributed by atoms with E-state index in [1.54, 1.807) is 23.5 Å². The predicted octanol–water partition coefficient (Wildman–Crippen LogP) is 5.11. The predicted molar refractivity (Wildman–Crippen MR) is 135 cm³/mol. The van der Waals surface area contributed by atoms with Gasteiger partial charge in [-0.15, -0.1) is 21.5 Å². The lowest BCUT2D eigenvalue weighted by atomic mass is 10.2. The molecule has 5 rings (SSSR count). The summed E-state index contributed by atoms with van der Waals surface area (Å²) in [6.07, 6.45) is 0. The maximum absolute atomic E-state index is 13.1. The van der Waals surface area contributed by atoms with Crippen molar-refractivity contribution in [1.82, 2.24) is 19.9 Å². The molecule has 0 saturated heterocycles. The lowest BCUT2D eigenvalue weighted by Gasteiger charge is -2.06. The molecule has 0 bridgehead atoms. The van der Waals surface area contributed by atoms with Gasteiger partial charge in [0.2, 0.25) is 11.1 Å². The summed E-state index contributed by atoms with van der Waals surface area (Å²) >= 11 is 2.81. The molecule has 34 heavy (non-hydrogen) atoms. The van der Waals surface area contributed by atoms with E-state index in [-0.39, 0.29) is 17.5 Å². The summed E-state index contributed by atoms with van der Waals surface area (Å²) in [6.45, 7) is 2.07. The maximum atomic E-state index is 13.1. The number of fused-ring (bicyclic) bond motifs is 1. The Kier molecular flexibility index (Phi) is 5.99. The minimum atomic E-state index is -0.346. The molecule has 0 radical (unpaired) electrons. The number of benzene rings is 3. The number of amides is 1. The van der Waals surface area contributed by atoms with E-state index < -0.39 is 0 Å². The molecule has 3 N–H and O–H groups in total. The fourth-order valence-corrected chi connectivity index (χ4v) is 5.08. The van der Waals surface area contributed by atoms with Gasteiger partial charge in [0.15, 0.2) is 5.82 Å². The third kappa shape index (κ3) is 4.63. The Morgan fingerprint density at radius 3 is 2.56 bits per heavy atom. The molecular weight excluding hydrogens is 471 g/mol. The molecule has 0 aliphatic heterocycles. The molecule has 0 spiro atoms. The standard InChI is InChI=1S/C24H19FN6OS2/c1-14-2-11-19-20(12-14)34-23(28-19)16-5-9-18(10-6-16)27-21(32)13-33-24-30-29-22(31(24)26)15-3-7-17(25)8-4-15/h2-12H,13,26H2,1H3,(H,27,32). The molecule has 170 valence electrons. The molecule has 0 aliphatic rings. The zero-order chi connectivity index (χ0) is 23.7. The second-order valence-electron chi connectivity index (χ2n) is 7.59. The molecule has 0 fully saturated rings. The average molecular weight is 491 g/mol. The highest BCUT2D eigenvalue weighted by Gasteiger charge is 2.14. The largest absolute Gasteiger partial charge is 0.335 e. The van der Waals surface area contributed by atoms with E-state index in [1.807, 2.05) is 30.3 Å². The molecule has 2 aromatic heterocycles. The van der Waals surface area contributed by atoms with Crippen LogP contribution in [0.1, 0.15) is 5.56 Å². The fraction of sp³-hybridized carbons (Fsp3) is 0.0833. The van der Waals surface area contributed by atoms with Crippen LogP contribution in [0.4, 0.5) is 10.1 Å². The molecule has 0 aliphatic carbocycles. The molecule has 10 heteroatoms. The Hall–Kier alpha value is -3.76. The number of nitrogens with one attached hydrogen (secondary N) is 1. The van der Waals surface area contributed by atoms with Gasteiger partial charge in [-0.25, -0.2) is 14.1 Å². The van der Waals surface area contributed by atoms with Gasteiger partial charge < -0.3 is 11.2 Å². The summed E-state index contributed by atoms with van der Waals surface area (Å²) < 4.78 is 15.6. The quantitative estimate of drug-likeness (QED) is 0.253. The first kappa shape index (κ1) is 22.1. The molecule has 3 aromatic carbocycles. The second kappa shape index (κ2) is 9.24. The van der Waals surface area contributed by atoms with Gasteiger partial charge in [-0.2, -0.15) is 0 Å². The summed E-state index contributed by atoms with van der Waals surface area (Å²) in [6, 6.07) is 19.6. The first-order valence-corrected chi connectivity index (χ1v) is 12.1. The Balaban J connectivity index is 1.21. The number of nitrogen functional groups attached to an aromatic ring is 1. The summed E-state index contributed by atoms with van der Waals surface area (Å²) in [5, 5.41) is 12.3. The van der Waals surface area contributed by atoms with Crippen LogP contribution in [0, 0.1) is 12.7 Å². The van der Waals surface area contributed by atoms with Crippen LogP contribution in [0.3, 0.4) is 0 Å². The summed E-state index contributed by atoms with van der Waals surface area (Å²) in [4.78, 5) is 17.1. The number of thioether (sulfide) groups is 1. The average Bonchev–Trinajstić information content (AvgIpc) is 3.42. The Morgan fingerprint density at radius 1 is 1.06 bits per heavy atom. The number of hydrogen-bond donors (Lipinski definition) is 2. The number of nitrogens with zero attached hydrogens (tertiary/aromatic N) is 4. The molecule has 0 atom stereocenters. The van der Waals surface area contributed by atoms with E-state index in [0.29, 0.717) is 22.2 Å². The van der Waals surface area contributed by atoms with Gasteiger partial charge in [-0.1, -0.05) is 17.8 Å². The molecular formula is C24H19FN6OS2. The number of rotatable bonds is 6. The first-order chi connectivity index (χ1) is 16.5. The van der Waals surface area contributed by atoms with Crippen LogP contribution < -0.4 is 11.2 Å². The minimum Gasteiger partial charge on any atom is -0.335 e. The number of anilines is 1. The van der Waals surface area contributed by atoms with Gasteiger partial charge in [-0.05, 0) is 73.2 Å². The van der Waals surface area contributed by atoms with Gasteiger partial charge in [0.05, 0.1) is 16.0 Å². The highest BCUT2D eigenvalue weighted by Crippen LogP contribution is 2.31. The zero-order valence-electron chi connectivity index (χ0n) is 18.0. The van der Waals surface area contributed by atoms with Gasteiger partial charge in [-0.3, -0.25) is 4.79 Å². The van der Waals surface area contributed by atoms with Gasteiger partial charge in [0, 0.05) is 16.8 Å². The number of carbonyl (C=O) groups is 1. The van der Waals surface area contributed by atoms with E-state index in [0.717, 1.165) is 20.8 Å². The minimum absolute atomic E-state index is 0.109. The molecule has 0 unspecified atom stereocenters. The number of aryl methyl sites for hydroxylation is 1. The number of halogens is 1. The van der Waals surface area contributed by atoms with Crippen LogP contribution in [0.2, 0.25) is 0 Å². The van der Waals surface area contributed by atoms with Crippen molar-refractivity contribution in [3.05, 3.63) is 78.1 Å². The van der Waals surface area contributed by atoms with Crippen LogP contribution in [0.15, 0.2) is 71.9 Å². The lowest BCUT2D eigenvalue weighted by molar-refractivity contribution is -0.113. The van der Waals surface area contributed by atoms with Crippen LogP contribution in [-0.2, 0) is 4.79 Å². The smallest absolute Gasteiger partial charge is 0.234 e. The van der Waals surface area contributed by atoms with Gasteiger partial charge in [0.1, 0.15) is 10.8 Å². The lowest BCUT2D eigenvalue weighted by Crippen LogP contribution is -2.16. The third-order valence-corrected chi connectivity index (χ3v) is 7.07. The van der Waals surface area contributed by atoms with Crippen molar-refractivity contribution >= 4 is 44.9 Å². The van der Waals surface area contributed by atoms with Gasteiger partial charge in [0.25, 0.3) is 0 Å². The Morgan fingerprint density at radius 2 is 1.79 bits per heavy atom.